The molecule has 0 bridgehead atoms. The summed E-state index contributed by atoms with van der Waals surface area (Å²) in [6.45, 7) is 3.25. The van der Waals surface area contributed by atoms with Gasteiger partial charge < -0.3 is 9.84 Å². The number of carboxylic acid groups (broad SMARTS) is 1. The Hall–Kier alpha value is -0.610. The maximum atomic E-state index is 10.4. The van der Waals surface area contributed by atoms with Gasteiger partial charge in [-0.2, -0.15) is 0 Å². The first-order valence-corrected chi connectivity index (χ1v) is 5.28. The Balaban J connectivity index is 1.79. The van der Waals surface area contributed by atoms with Crippen molar-refractivity contribution >= 4 is 5.97 Å². The van der Waals surface area contributed by atoms with Crippen molar-refractivity contribution in [1.82, 2.24) is 4.90 Å². The van der Waals surface area contributed by atoms with Gasteiger partial charge in [0.2, 0.25) is 0 Å². The van der Waals surface area contributed by atoms with E-state index in [1.54, 1.807) is 0 Å². The molecule has 1 spiro atoms. The first kappa shape index (κ1) is 9.93. The zero-order valence-electron chi connectivity index (χ0n) is 8.37. The van der Waals surface area contributed by atoms with E-state index in [-0.39, 0.29) is 12.0 Å². The summed E-state index contributed by atoms with van der Waals surface area (Å²) in [6.07, 6.45) is 3.80. The molecule has 1 saturated heterocycles. The maximum absolute atomic E-state index is 10.4. The highest BCUT2D eigenvalue weighted by Gasteiger charge is 2.41. The van der Waals surface area contributed by atoms with Crippen LogP contribution in [-0.2, 0) is 9.53 Å². The molecule has 1 heterocycles. The van der Waals surface area contributed by atoms with Crippen molar-refractivity contribution < 1.29 is 14.6 Å². The van der Waals surface area contributed by atoms with Crippen LogP contribution in [0.15, 0.2) is 0 Å². The minimum Gasteiger partial charge on any atom is -0.481 e. The molecule has 80 valence electrons. The van der Waals surface area contributed by atoms with Crippen LogP contribution < -0.4 is 0 Å². The number of hydrogen-bond donors (Lipinski definition) is 1. The molecule has 4 heteroatoms. The van der Waals surface area contributed by atoms with Crippen LogP contribution in [-0.4, -0.2) is 47.8 Å². The molecule has 1 saturated carbocycles. The summed E-state index contributed by atoms with van der Waals surface area (Å²) >= 11 is 0. The van der Waals surface area contributed by atoms with Gasteiger partial charge in [-0.05, 0) is 19.3 Å². The standard InChI is InChI=1S/C10H17NO3/c12-9(13)2-5-11-6-7-14-10(8-11)3-1-4-10/h1-8H2,(H,12,13). The monoisotopic (exact) mass is 199 g/mol. The van der Waals surface area contributed by atoms with E-state index < -0.39 is 5.97 Å². The lowest BCUT2D eigenvalue weighted by Crippen LogP contribution is -2.55. The predicted octanol–water partition coefficient (Wildman–Crippen LogP) is 0.716. The van der Waals surface area contributed by atoms with Crippen molar-refractivity contribution in [2.75, 3.05) is 26.2 Å². The van der Waals surface area contributed by atoms with Crippen LogP contribution in [0.1, 0.15) is 25.7 Å². The first-order valence-electron chi connectivity index (χ1n) is 5.28. The molecule has 2 fully saturated rings. The molecule has 4 nitrogen and oxygen atoms in total. The smallest absolute Gasteiger partial charge is 0.304 e. The zero-order valence-corrected chi connectivity index (χ0v) is 8.37. The molecule has 1 aliphatic heterocycles. The Morgan fingerprint density at radius 2 is 2.29 bits per heavy atom. The fraction of sp³-hybridized carbons (Fsp3) is 0.900. The van der Waals surface area contributed by atoms with Crippen molar-refractivity contribution in [3.8, 4) is 0 Å². The Kier molecular flexibility index (Phi) is 2.74. The van der Waals surface area contributed by atoms with E-state index in [2.05, 4.69) is 4.90 Å². The highest BCUT2D eigenvalue weighted by atomic mass is 16.5. The van der Waals surface area contributed by atoms with Crippen LogP contribution in [0.3, 0.4) is 0 Å². The molecule has 0 atom stereocenters. The molecular formula is C10H17NO3. The third-order valence-corrected chi connectivity index (χ3v) is 3.23. The lowest BCUT2D eigenvalue weighted by molar-refractivity contribution is -0.154. The second-order valence-corrected chi connectivity index (χ2v) is 4.30. The number of rotatable bonds is 3. The van der Waals surface area contributed by atoms with E-state index >= 15 is 0 Å². The summed E-state index contributed by atoms with van der Waals surface area (Å²) in [5.41, 5.74) is 0.0940. The quantitative estimate of drug-likeness (QED) is 0.727. The van der Waals surface area contributed by atoms with E-state index in [0.29, 0.717) is 6.54 Å². The van der Waals surface area contributed by atoms with Crippen LogP contribution in [0.5, 0.6) is 0 Å². The van der Waals surface area contributed by atoms with E-state index in [1.165, 1.54) is 6.42 Å². The number of morpholine rings is 1. The maximum Gasteiger partial charge on any atom is 0.304 e. The highest BCUT2D eigenvalue weighted by molar-refractivity contribution is 5.66. The van der Waals surface area contributed by atoms with E-state index in [9.17, 15) is 4.79 Å². The summed E-state index contributed by atoms with van der Waals surface area (Å²) in [4.78, 5) is 12.6. The van der Waals surface area contributed by atoms with Gasteiger partial charge >= 0.3 is 5.97 Å². The first-order chi connectivity index (χ1) is 6.70. The molecule has 0 radical (unpaired) electrons. The summed E-state index contributed by atoms with van der Waals surface area (Å²) in [5.74, 6) is -0.709. The van der Waals surface area contributed by atoms with Crippen molar-refractivity contribution in [3.05, 3.63) is 0 Å². The third kappa shape index (κ3) is 2.07. The minimum atomic E-state index is -0.709. The van der Waals surface area contributed by atoms with Gasteiger partial charge in [0.05, 0.1) is 18.6 Å². The van der Waals surface area contributed by atoms with Crippen LogP contribution in [0.4, 0.5) is 0 Å². The van der Waals surface area contributed by atoms with E-state index in [0.717, 1.165) is 32.5 Å². The lowest BCUT2D eigenvalue weighted by Gasteiger charge is -2.48. The van der Waals surface area contributed by atoms with Gasteiger partial charge in [0.25, 0.3) is 0 Å². The fourth-order valence-electron chi connectivity index (χ4n) is 2.24. The normalized spacial score (nSPS) is 26.0. The number of carboxylic acids is 1. The highest BCUT2D eigenvalue weighted by Crippen LogP contribution is 2.37. The average molecular weight is 199 g/mol. The summed E-state index contributed by atoms with van der Waals surface area (Å²) < 4.78 is 5.75. The van der Waals surface area contributed by atoms with Crippen molar-refractivity contribution in [3.63, 3.8) is 0 Å². The van der Waals surface area contributed by atoms with Crippen molar-refractivity contribution in [2.24, 2.45) is 0 Å². The number of nitrogens with zero attached hydrogens (tertiary/aromatic N) is 1. The summed E-state index contributed by atoms with van der Waals surface area (Å²) in [5, 5.41) is 8.59. The molecule has 0 aromatic carbocycles. The van der Waals surface area contributed by atoms with E-state index in [4.69, 9.17) is 9.84 Å². The van der Waals surface area contributed by atoms with E-state index in [1.807, 2.05) is 0 Å². The van der Waals surface area contributed by atoms with Gasteiger partial charge in [0.15, 0.2) is 0 Å². The number of hydrogen-bond acceptors (Lipinski definition) is 3. The largest absolute Gasteiger partial charge is 0.481 e. The SMILES string of the molecule is O=C(O)CCN1CCOC2(CCC2)C1. The van der Waals surface area contributed by atoms with Gasteiger partial charge in [-0.25, -0.2) is 0 Å². The average Bonchev–Trinajstić information content (AvgIpc) is 2.13. The lowest BCUT2D eigenvalue weighted by atomic mass is 9.79. The molecule has 0 aromatic heterocycles. The van der Waals surface area contributed by atoms with Gasteiger partial charge in [0.1, 0.15) is 0 Å². The van der Waals surface area contributed by atoms with Crippen LogP contribution in [0.25, 0.3) is 0 Å². The van der Waals surface area contributed by atoms with Crippen LogP contribution in [0.2, 0.25) is 0 Å². The Morgan fingerprint density at radius 1 is 1.50 bits per heavy atom. The molecule has 0 aromatic rings. The minimum absolute atomic E-state index is 0.0940. The molecule has 0 unspecified atom stereocenters. The zero-order chi connectivity index (χ0) is 10.0. The fourth-order valence-corrected chi connectivity index (χ4v) is 2.24. The molecule has 1 N–H and O–H groups in total. The second kappa shape index (κ2) is 3.87. The number of ether oxygens (including phenoxy) is 1. The van der Waals surface area contributed by atoms with Crippen LogP contribution >= 0.6 is 0 Å². The molecule has 2 rings (SSSR count). The Morgan fingerprint density at radius 3 is 2.86 bits per heavy atom. The predicted molar refractivity (Wildman–Crippen MR) is 51.2 cm³/mol. The van der Waals surface area contributed by atoms with Crippen molar-refractivity contribution in [2.45, 2.75) is 31.3 Å². The molecule has 0 amide bonds. The number of aliphatic carboxylic acids is 1. The van der Waals surface area contributed by atoms with Crippen LogP contribution in [0, 0.1) is 0 Å². The van der Waals surface area contributed by atoms with Gasteiger partial charge in [0, 0.05) is 19.6 Å². The van der Waals surface area contributed by atoms with Gasteiger partial charge in [-0.1, -0.05) is 0 Å². The van der Waals surface area contributed by atoms with Gasteiger partial charge in [-0.3, -0.25) is 9.69 Å². The molecule has 2 aliphatic rings. The Labute approximate surface area is 83.8 Å². The molecule has 14 heavy (non-hydrogen) atoms. The number of carbonyl (C=O) groups is 1. The summed E-state index contributed by atoms with van der Waals surface area (Å²) in [6, 6.07) is 0. The topological polar surface area (TPSA) is 49.8 Å². The summed E-state index contributed by atoms with van der Waals surface area (Å²) in [7, 11) is 0. The second-order valence-electron chi connectivity index (χ2n) is 4.30. The third-order valence-electron chi connectivity index (χ3n) is 3.23. The van der Waals surface area contributed by atoms with Gasteiger partial charge in [-0.15, -0.1) is 0 Å². The Bertz CT molecular complexity index is 225. The molecular weight excluding hydrogens is 182 g/mol. The molecule has 1 aliphatic carbocycles. The van der Waals surface area contributed by atoms with Crippen molar-refractivity contribution in [1.29, 1.82) is 0 Å².